The number of pyridine rings is 2. The van der Waals surface area contributed by atoms with Gasteiger partial charge in [0.15, 0.2) is 11.6 Å². The summed E-state index contributed by atoms with van der Waals surface area (Å²) in [5.74, 6) is 10.5. The van der Waals surface area contributed by atoms with Gasteiger partial charge in [-0.3, -0.25) is 19.6 Å². The van der Waals surface area contributed by atoms with Crippen molar-refractivity contribution < 1.29 is 19.1 Å². The molecule has 0 radical (unpaired) electrons. The van der Waals surface area contributed by atoms with Crippen LogP contribution in [0.5, 0.6) is 11.5 Å². The molecule has 0 amide bonds. The van der Waals surface area contributed by atoms with Gasteiger partial charge in [0.25, 0.3) is 0 Å². The number of nitrogens with two attached hydrogens (primary N) is 2. The van der Waals surface area contributed by atoms with Crippen LogP contribution in [0.2, 0.25) is 10.0 Å². The Morgan fingerprint density at radius 3 is 1.43 bits per heavy atom. The lowest BCUT2D eigenvalue weighted by atomic mass is 9.98. The smallest absolute Gasteiger partial charge is 0.197 e. The van der Waals surface area contributed by atoms with Crippen LogP contribution >= 0.6 is 23.2 Å². The van der Waals surface area contributed by atoms with E-state index in [0.717, 1.165) is 0 Å². The second kappa shape index (κ2) is 13.3. The van der Waals surface area contributed by atoms with Gasteiger partial charge in [-0.2, -0.15) is 10.2 Å². The number of benzene rings is 2. The highest BCUT2D eigenvalue weighted by Gasteiger charge is 2.22. The molecule has 2 aromatic carbocycles. The van der Waals surface area contributed by atoms with Crippen molar-refractivity contribution in [3.63, 3.8) is 0 Å². The Morgan fingerprint density at radius 2 is 1.07 bits per heavy atom. The first-order chi connectivity index (χ1) is 19.4. The Balaban J connectivity index is 1.61. The summed E-state index contributed by atoms with van der Waals surface area (Å²) in [5.41, 5.74) is 1.94. The minimum Gasteiger partial charge on any atom is -0.489 e. The van der Waals surface area contributed by atoms with Crippen molar-refractivity contribution in [3.05, 3.63) is 117 Å². The van der Waals surface area contributed by atoms with E-state index >= 15 is 0 Å². The van der Waals surface area contributed by atoms with Crippen LogP contribution in [0.1, 0.15) is 43.0 Å². The van der Waals surface area contributed by atoms with Crippen LogP contribution in [0.25, 0.3) is 0 Å². The first kappa shape index (κ1) is 28.2. The molecule has 0 unspecified atom stereocenters. The van der Waals surface area contributed by atoms with Crippen molar-refractivity contribution in [2.75, 3.05) is 13.2 Å². The highest BCUT2D eigenvalue weighted by atomic mass is 35.5. The van der Waals surface area contributed by atoms with Crippen LogP contribution in [0.4, 0.5) is 0 Å². The van der Waals surface area contributed by atoms with E-state index in [2.05, 4.69) is 20.2 Å². The van der Waals surface area contributed by atoms with Crippen LogP contribution in [-0.4, -0.2) is 47.2 Å². The average Bonchev–Trinajstić information content (AvgIpc) is 2.96. The number of ether oxygens (including phenoxy) is 2. The molecule has 40 heavy (non-hydrogen) atoms. The second-order valence-corrected chi connectivity index (χ2v) is 8.99. The molecular formula is C28H22Cl2N6O4. The second-order valence-electron chi connectivity index (χ2n) is 8.12. The van der Waals surface area contributed by atoms with E-state index in [1.807, 2.05) is 0 Å². The number of hydrogen-bond donors (Lipinski definition) is 2. The molecule has 10 nitrogen and oxygen atoms in total. The molecule has 4 N–H and O–H groups in total. The zero-order valence-electron chi connectivity index (χ0n) is 20.8. The van der Waals surface area contributed by atoms with Crippen molar-refractivity contribution in [2.24, 2.45) is 21.9 Å². The van der Waals surface area contributed by atoms with Crippen molar-refractivity contribution in [1.29, 1.82) is 0 Å². The van der Waals surface area contributed by atoms with Gasteiger partial charge in [0.1, 0.15) is 24.7 Å². The number of nitrogens with zero attached hydrogens (tertiary/aromatic N) is 4. The van der Waals surface area contributed by atoms with Crippen LogP contribution < -0.4 is 21.2 Å². The van der Waals surface area contributed by atoms with E-state index in [1.54, 1.807) is 36.4 Å². The maximum atomic E-state index is 13.4. The maximum absolute atomic E-state index is 13.4. The molecule has 0 fully saturated rings. The van der Waals surface area contributed by atoms with Crippen molar-refractivity contribution in [3.8, 4) is 11.5 Å². The van der Waals surface area contributed by atoms with E-state index in [-0.39, 0.29) is 47.4 Å². The number of rotatable bonds is 11. The molecule has 0 aliphatic rings. The van der Waals surface area contributed by atoms with Gasteiger partial charge in [-0.1, -0.05) is 23.2 Å². The molecule has 202 valence electrons. The summed E-state index contributed by atoms with van der Waals surface area (Å²) in [6.07, 6.45) is 8.66. The lowest BCUT2D eigenvalue weighted by molar-refractivity contribution is 0.102. The molecular weight excluding hydrogens is 555 g/mol. The van der Waals surface area contributed by atoms with Crippen LogP contribution in [0, 0.1) is 0 Å². The van der Waals surface area contributed by atoms with Gasteiger partial charge < -0.3 is 21.2 Å². The predicted octanol–water partition coefficient (Wildman–Crippen LogP) is 4.29. The molecule has 12 heteroatoms. The third kappa shape index (κ3) is 6.60. The molecule has 0 aliphatic carbocycles. The zero-order chi connectivity index (χ0) is 28.5. The topological polar surface area (TPSA) is 155 Å². The Bertz CT molecular complexity index is 1460. The quantitative estimate of drug-likeness (QED) is 0.0880. The molecule has 4 rings (SSSR count). The zero-order valence-corrected chi connectivity index (χ0v) is 22.3. The maximum Gasteiger partial charge on any atom is 0.197 e. The Kier molecular flexibility index (Phi) is 9.39. The number of carbonyl (C=O) groups excluding carboxylic acids is 2. The summed E-state index contributed by atoms with van der Waals surface area (Å²) in [4.78, 5) is 34.6. The summed E-state index contributed by atoms with van der Waals surface area (Å²) >= 11 is 12.6. The standard InChI is InChI=1S/C28H22Cl2N6O4/c29-21-11-19(15-35-31)25(27(37)17-1-5-33-6-2-17)23(13-21)39-9-10-40-24-14-22(30)12-20(16-36-32)26(24)28(38)18-3-7-34-8-4-18/h1-8,11-16H,9-10,31-32H2. The van der Waals surface area contributed by atoms with E-state index in [0.29, 0.717) is 32.3 Å². The molecule has 0 saturated carbocycles. The summed E-state index contributed by atoms with van der Waals surface area (Å²) in [6, 6.07) is 12.4. The average molecular weight is 577 g/mol. The molecule has 4 aromatic rings. The monoisotopic (exact) mass is 576 g/mol. The number of ketones is 2. The third-order valence-corrected chi connectivity index (χ3v) is 6.00. The molecule has 2 heterocycles. The summed E-state index contributed by atoms with van der Waals surface area (Å²) in [5, 5.41) is 7.71. The first-order valence-electron chi connectivity index (χ1n) is 11.7. The fraction of sp³-hybridized carbons (Fsp3) is 0.0714. The third-order valence-electron chi connectivity index (χ3n) is 5.56. The van der Waals surface area contributed by atoms with Gasteiger partial charge in [0.2, 0.25) is 0 Å². The van der Waals surface area contributed by atoms with E-state index in [1.165, 1.54) is 49.3 Å². The number of hydrogen-bond acceptors (Lipinski definition) is 10. The van der Waals surface area contributed by atoms with E-state index in [4.69, 9.17) is 44.4 Å². The van der Waals surface area contributed by atoms with Crippen molar-refractivity contribution in [2.45, 2.75) is 0 Å². The number of hydrazone groups is 2. The highest BCUT2D eigenvalue weighted by molar-refractivity contribution is 6.32. The Hall–Kier alpha value is -4.80. The molecule has 0 spiro atoms. The van der Waals surface area contributed by atoms with Gasteiger partial charge in [0, 0.05) is 57.1 Å². The van der Waals surface area contributed by atoms with Crippen LogP contribution in [-0.2, 0) is 0 Å². The summed E-state index contributed by atoms with van der Waals surface area (Å²) in [6.45, 7) is -0.0439. The highest BCUT2D eigenvalue weighted by Crippen LogP contribution is 2.31. The lowest BCUT2D eigenvalue weighted by Gasteiger charge is -2.16. The van der Waals surface area contributed by atoms with Gasteiger partial charge >= 0.3 is 0 Å². The largest absolute Gasteiger partial charge is 0.489 e. The minimum atomic E-state index is -0.337. The minimum absolute atomic E-state index is 0.0219. The first-order valence-corrected chi connectivity index (χ1v) is 12.5. The molecule has 0 saturated heterocycles. The normalized spacial score (nSPS) is 11.2. The Morgan fingerprint density at radius 1 is 0.700 bits per heavy atom. The van der Waals surface area contributed by atoms with Gasteiger partial charge in [0.05, 0.1) is 23.6 Å². The number of carbonyl (C=O) groups is 2. The van der Waals surface area contributed by atoms with Gasteiger partial charge in [-0.05, 0) is 48.5 Å². The molecule has 2 aromatic heterocycles. The fourth-order valence-electron chi connectivity index (χ4n) is 3.88. The molecule has 0 aliphatic heterocycles. The Labute approximate surface area is 239 Å². The van der Waals surface area contributed by atoms with E-state index < -0.39 is 0 Å². The van der Waals surface area contributed by atoms with Crippen LogP contribution in [0.15, 0.2) is 83.5 Å². The molecule has 0 atom stereocenters. The SMILES string of the molecule is NN=Cc1cc(Cl)cc(OCCOc2cc(Cl)cc(C=NN)c2C(=O)c2ccncc2)c1C(=O)c1ccncc1. The van der Waals surface area contributed by atoms with Crippen LogP contribution in [0.3, 0.4) is 0 Å². The molecule has 0 bridgehead atoms. The number of aromatic nitrogens is 2. The summed E-state index contributed by atoms with van der Waals surface area (Å²) in [7, 11) is 0. The van der Waals surface area contributed by atoms with Crippen molar-refractivity contribution >= 4 is 47.2 Å². The number of halogens is 2. The van der Waals surface area contributed by atoms with E-state index in [9.17, 15) is 9.59 Å². The fourth-order valence-corrected chi connectivity index (χ4v) is 4.31. The van der Waals surface area contributed by atoms with Gasteiger partial charge in [-0.15, -0.1) is 0 Å². The predicted molar refractivity (Wildman–Crippen MR) is 153 cm³/mol. The van der Waals surface area contributed by atoms with Gasteiger partial charge in [-0.25, -0.2) is 0 Å². The lowest BCUT2D eigenvalue weighted by Crippen LogP contribution is -2.16. The van der Waals surface area contributed by atoms with Crippen molar-refractivity contribution in [1.82, 2.24) is 9.97 Å². The summed E-state index contributed by atoms with van der Waals surface area (Å²) < 4.78 is 11.9.